The standard InChI is InChI=1S/C11H14N4OS/c1-3-16-11-8(2)10(14-6-15-11)13-5-9-4-12-7-17-9/h4,6-7H,3,5H2,1-2H3,(H,13,14,15). The van der Waals surface area contributed by atoms with Crippen LogP contribution >= 0.6 is 11.3 Å². The van der Waals surface area contributed by atoms with Crippen molar-refractivity contribution in [3.8, 4) is 5.88 Å². The maximum Gasteiger partial charge on any atom is 0.221 e. The van der Waals surface area contributed by atoms with Crippen molar-refractivity contribution in [3.05, 3.63) is 28.5 Å². The molecule has 0 amide bonds. The van der Waals surface area contributed by atoms with E-state index >= 15 is 0 Å². The van der Waals surface area contributed by atoms with Gasteiger partial charge >= 0.3 is 0 Å². The highest BCUT2D eigenvalue weighted by atomic mass is 32.1. The zero-order chi connectivity index (χ0) is 12.1. The fourth-order valence-corrected chi connectivity index (χ4v) is 1.93. The minimum atomic E-state index is 0.603. The van der Waals surface area contributed by atoms with Crippen LogP contribution in [0.4, 0.5) is 5.82 Å². The van der Waals surface area contributed by atoms with Gasteiger partial charge in [0.1, 0.15) is 12.1 Å². The summed E-state index contributed by atoms with van der Waals surface area (Å²) in [5.74, 6) is 1.44. The first-order valence-electron chi connectivity index (χ1n) is 5.37. The number of rotatable bonds is 5. The Morgan fingerprint density at radius 2 is 2.29 bits per heavy atom. The minimum Gasteiger partial charge on any atom is -0.478 e. The van der Waals surface area contributed by atoms with Crippen molar-refractivity contribution in [3.63, 3.8) is 0 Å². The van der Waals surface area contributed by atoms with E-state index in [-0.39, 0.29) is 0 Å². The lowest BCUT2D eigenvalue weighted by Gasteiger charge is -2.10. The molecule has 0 fully saturated rings. The lowest BCUT2D eigenvalue weighted by atomic mass is 10.3. The smallest absolute Gasteiger partial charge is 0.221 e. The molecule has 90 valence electrons. The molecule has 0 saturated heterocycles. The molecule has 2 heterocycles. The average Bonchev–Trinajstić information content (AvgIpc) is 2.83. The van der Waals surface area contributed by atoms with Crippen LogP contribution in [0.3, 0.4) is 0 Å². The molecule has 0 aliphatic rings. The number of nitrogens with one attached hydrogen (secondary N) is 1. The van der Waals surface area contributed by atoms with Gasteiger partial charge in [0.25, 0.3) is 0 Å². The molecule has 0 aliphatic carbocycles. The highest BCUT2D eigenvalue weighted by Crippen LogP contribution is 2.21. The van der Waals surface area contributed by atoms with Crippen LogP contribution in [0.5, 0.6) is 5.88 Å². The van der Waals surface area contributed by atoms with Crippen LogP contribution in [-0.4, -0.2) is 21.6 Å². The van der Waals surface area contributed by atoms with Crippen molar-refractivity contribution in [2.24, 2.45) is 0 Å². The molecule has 1 N–H and O–H groups in total. The third-order valence-electron chi connectivity index (χ3n) is 2.23. The molecule has 6 heteroatoms. The van der Waals surface area contributed by atoms with Crippen LogP contribution in [0.1, 0.15) is 17.4 Å². The van der Waals surface area contributed by atoms with E-state index in [1.54, 1.807) is 11.3 Å². The van der Waals surface area contributed by atoms with Crippen LogP contribution in [0.2, 0.25) is 0 Å². The van der Waals surface area contributed by atoms with Gasteiger partial charge in [-0.05, 0) is 13.8 Å². The van der Waals surface area contributed by atoms with E-state index < -0.39 is 0 Å². The van der Waals surface area contributed by atoms with Crippen LogP contribution < -0.4 is 10.1 Å². The number of hydrogen-bond acceptors (Lipinski definition) is 6. The van der Waals surface area contributed by atoms with E-state index in [1.807, 2.05) is 25.6 Å². The van der Waals surface area contributed by atoms with Gasteiger partial charge in [-0.3, -0.25) is 4.98 Å². The van der Waals surface area contributed by atoms with Gasteiger partial charge in [-0.2, -0.15) is 0 Å². The summed E-state index contributed by atoms with van der Waals surface area (Å²) < 4.78 is 5.41. The predicted octanol–water partition coefficient (Wildman–Crippen LogP) is 2.25. The summed E-state index contributed by atoms with van der Waals surface area (Å²) in [6.07, 6.45) is 3.35. The van der Waals surface area contributed by atoms with Crippen molar-refractivity contribution >= 4 is 17.2 Å². The van der Waals surface area contributed by atoms with E-state index in [2.05, 4.69) is 20.3 Å². The second-order valence-electron chi connectivity index (χ2n) is 3.41. The van der Waals surface area contributed by atoms with Crippen molar-refractivity contribution in [2.75, 3.05) is 11.9 Å². The van der Waals surface area contributed by atoms with Gasteiger partial charge in [0.15, 0.2) is 0 Å². The number of aromatic nitrogens is 3. The van der Waals surface area contributed by atoms with E-state index in [0.717, 1.165) is 11.4 Å². The Bertz CT molecular complexity index is 472. The van der Waals surface area contributed by atoms with Crippen LogP contribution in [0.25, 0.3) is 0 Å². The summed E-state index contributed by atoms with van der Waals surface area (Å²) in [4.78, 5) is 13.5. The third-order valence-corrected chi connectivity index (χ3v) is 3.01. The SMILES string of the molecule is CCOc1ncnc(NCc2cncs2)c1C. The summed E-state index contributed by atoms with van der Waals surface area (Å²) in [5.41, 5.74) is 2.74. The zero-order valence-electron chi connectivity index (χ0n) is 9.80. The van der Waals surface area contributed by atoms with Crippen LogP contribution in [0, 0.1) is 6.92 Å². The molecule has 0 bridgehead atoms. The molecule has 0 unspecified atom stereocenters. The van der Waals surface area contributed by atoms with E-state index in [1.165, 1.54) is 11.2 Å². The van der Waals surface area contributed by atoms with Gasteiger partial charge < -0.3 is 10.1 Å². The molecule has 2 aromatic rings. The molecule has 2 aromatic heterocycles. The number of thiazole rings is 1. The molecule has 17 heavy (non-hydrogen) atoms. The summed E-state index contributed by atoms with van der Waals surface area (Å²) >= 11 is 1.61. The average molecular weight is 250 g/mol. The Kier molecular flexibility index (Phi) is 3.87. The first-order chi connectivity index (χ1) is 8.31. The van der Waals surface area contributed by atoms with Gasteiger partial charge in [-0.15, -0.1) is 11.3 Å². The second-order valence-corrected chi connectivity index (χ2v) is 4.38. The Hall–Kier alpha value is -1.69. The fraction of sp³-hybridized carbons (Fsp3) is 0.364. The molecule has 5 nitrogen and oxygen atoms in total. The molecule has 0 atom stereocenters. The van der Waals surface area contributed by atoms with Crippen molar-refractivity contribution in [1.29, 1.82) is 0 Å². The number of anilines is 1. The molecular formula is C11H14N4OS. The summed E-state index contributed by atoms with van der Waals surface area (Å²) in [5, 5.41) is 3.25. The normalized spacial score (nSPS) is 10.2. The zero-order valence-corrected chi connectivity index (χ0v) is 10.6. The highest BCUT2D eigenvalue weighted by molar-refractivity contribution is 7.09. The Morgan fingerprint density at radius 3 is 3.00 bits per heavy atom. The number of ether oxygens (including phenoxy) is 1. The molecule has 0 saturated carbocycles. The molecular weight excluding hydrogens is 236 g/mol. The predicted molar refractivity (Wildman–Crippen MR) is 67.4 cm³/mol. The molecule has 0 spiro atoms. The maximum absolute atomic E-state index is 5.41. The lowest BCUT2D eigenvalue weighted by molar-refractivity contribution is 0.324. The lowest BCUT2D eigenvalue weighted by Crippen LogP contribution is -2.05. The fourth-order valence-electron chi connectivity index (χ4n) is 1.39. The third kappa shape index (κ3) is 2.91. The van der Waals surface area contributed by atoms with E-state index in [0.29, 0.717) is 19.0 Å². The summed E-state index contributed by atoms with van der Waals surface area (Å²) in [6, 6.07) is 0. The molecule has 0 aromatic carbocycles. The minimum absolute atomic E-state index is 0.603. The van der Waals surface area contributed by atoms with Gasteiger partial charge in [0, 0.05) is 11.1 Å². The molecule has 2 rings (SSSR count). The van der Waals surface area contributed by atoms with Crippen LogP contribution in [0.15, 0.2) is 18.0 Å². The van der Waals surface area contributed by atoms with Crippen molar-refractivity contribution < 1.29 is 4.74 Å². The largest absolute Gasteiger partial charge is 0.478 e. The summed E-state index contributed by atoms with van der Waals surface area (Å²) in [7, 11) is 0. The number of hydrogen-bond donors (Lipinski definition) is 1. The summed E-state index contributed by atoms with van der Waals surface area (Å²) in [6.45, 7) is 5.20. The van der Waals surface area contributed by atoms with Gasteiger partial charge in [-0.25, -0.2) is 9.97 Å². The van der Waals surface area contributed by atoms with Crippen molar-refractivity contribution in [2.45, 2.75) is 20.4 Å². The molecule has 0 radical (unpaired) electrons. The van der Waals surface area contributed by atoms with E-state index in [9.17, 15) is 0 Å². The topological polar surface area (TPSA) is 59.9 Å². The van der Waals surface area contributed by atoms with Gasteiger partial charge in [0.05, 0.1) is 24.2 Å². The first kappa shape index (κ1) is 11.8. The highest BCUT2D eigenvalue weighted by Gasteiger charge is 2.07. The first-order valence-corrected chi connectivity index (χ1v) is 6.25. The Morgan fingerprint density at radius 1 is 1.41 bits per heavy atom. The number of nitrogens with zero attached hydrogens (tertiary/aromatic N) is 3. The van der Waals surface area contributed by atoms with Gasteiger partial charge in [0.2, 0.25) is 5.88 Å². The van der Waals surface area contributed by atoms with Crippen LogP contribution in [-0.2, 0) is 6.54 Å². The molecule has 0 aliphatic heterocycles. The quantitative estimate of drug-likeness (QED) is 0.882. The van der Waals surface area contributed by atoms with Crippen molar-refractivity contribution in [1.82, 2.24) is 15.0 Å². The maximum atomic E-state index is 5.41. The Balaban J connectivity index is 2.07. The van der Waals surface area contributed by atoms with E-state index in [4.69, 9.17) is 4.74 Å². The Labute approximate surface area is 104 Å². The van der Waals surface area contributed by atoms with Gasteiger partial charge in [-0.1, -0.05) is 0 Å². The monoisotopic (exact) mass is 250 g/mol. The second kappa shape index (κ2) is 5.58.